The van der Waals surface area contributed by atoms with Gasteiger partial charge in [-0.2, -0.15) is 0 Å². The third-order valence-electron chi connectivity index (χ3n) is 5.45. The number of ketones is 1. The van der Waals surface area contributed by atoms with Gasteiger partial charge in [-0.1, -0.05) is 28.1 Å². The second-order valence-corrected chi connectivity index (χ2v) is 9.29. The molecular weight excluding hydrogens is 404 g/mol. The molecule has 2 unspecified atom stereocenters. The molecule has 3 rings (SSSR count). The molecule has 142 valence electrons. The highest BCUT2D eigenvalue weighted by atomic mass is 79.9. The van der Waals surface area contributed by atoms with Crippen molar-refractivity contribution in [1.82, 2.24) is 0 Å². The number of Topliss-reactive ketones (excluding diaryl/α,β-unsaturated/α-hetero) is 1. The van der Waals surface area contributed by atoms with E-state index < -0.39 is 17.4 Å². The average molecular weight is 429 g/mol. The Labute approximate surface area is 169 Å². The molecule has 0 saturated carbocycles. The van der Waals surface area contributed by atoms with Crippen LogP contribution < -0.4 is 0 Å². The SMILES string of the molecule is Cc1ccc(C2C(=O)c3ccc(Br)cc3C2OC(=O)C(C)(C)C)c(C)c1C. The molecule has 0 bridgehead atoms. The van der Waals surface area contributed by atoms with Gasteiger partial charge in [0.05, 0.1) is 11.3 Å². The molecule has 1 aliphatic carbocycles. The van der Waals surface area contributed by atoms with Crippen molar-refractivity contribution in [2.75, 3.05) is 0 Å². The third kappa shape index (κ3) is 3.47. The first-order valence-electron chi connectivity index (χ1n) is 9.14. The number of hydrogen-bond acceptors (Lipinski definition) is 3. The summed E-state index contributed by atoms with van der Waals surface area (Å²) in [4.78, 5) is 26.0. The summed E-state index contributed by atoms with van der Waals surface area (Å²) in [6, 6.07) is 9.60. The van der Waals surface area contributed by atoms with Gasteiger partial charge in [0, 0.05) is 15.6 Å². The van der Waals surface area contributed by atoms with Gasteiger partial charge in [-0.05, 0) is 82.0 Å². The van der Waals surface area contributed by atoms with Crippen LogP contribution in [0.2, 0.25) is 0 Å². The summed E-state index contributed by atoms with van der Waals surface area (Å²) in [7, 11) is 0. The molecule has 0 fully saturated rings. The highest BCUT2D eigenvalue weighted by Crippen LogP contribution is 2.47. The number of carbonyl (C=O) groups is 2. The first kappa shape index (κ1) is 19.8. The number of aryl methyl sites for hydroxylation is 1. The van der Waals surface area contributed by atoms with Gasteiger partial charge in [0.15, 0.2) is 5.78 Å². The molecule has 2 atom stereocenters. The molecule has 0 aromatic heterocycles. The molecule has 2 aromatic carbocycles. The van der Waals surface area contributed by atoms with Crippen LogP contribution >= 0.6 is 15.9 Å². The molecule has 1 aliphatic rings. The number of esters is 1. The topological polar surface area (TPSA) is 43.4 Å². The van der Waals surface area contributed by atoms with E-state index in [1.807, 2.05) is 58.0 Å². The average Bonchev–Trinajstić information content (AvgIpc) is 2.84. The summed E-state index contributed by atoms with van der Waals surface area (Å²) in [6.45, 7) is 11.6. The van der Waals surface area contributed by atoms with Crippen LogP contribution in [-0.4, -0.2) is 11.8 Å². The van der Waals surface area contributed by atoms with E-state index in [0.717, 1.165) is 21.2 Å². The number of halogens is 1. The Bertz CT molecular complexity index is 937. The first-order valence-corrected chi connectivity index (χ1v) is 9.93. The van der Waals surface area contributed by atoms with Crippen molar-refractivity contribution < 1.29 is 14.3 Å². The van der Waals surface area contributed by atoms with Gasteiger partial charge < -0.3 is 4.74 Å². The Morgan fingerprint density at radius 1 is 1.00 bits per heavy atom. The second-order valence-electron chi connectivity index (χ2n) is 8.37. The standard InChI is InChI=1S/C23H25BrO3/c1-12-7-9-16(14(3)13(12)2)19-20(25)17-10-8-15(24)11-18(17)21(19)27-22(26)23(4,5)6/h7-11,19,21H,1-6H3. The molecule has 0 saturated heterocycles. The molecule has 0 spiro atoms. The maximum Gasteiger partial charge on any atom is 0.311 e. The molecular formula is C23H25BrO3. The zero-order chi connectivity index (χ0) is 20.1. The van der Waals surface area contributed by atoms with Gasteiger partial charge in [0.2, 0.25) is 0 Å². The number of rotatable bonds is 2. The molecule has 4 heteroatoms. The lowest BCUT2D eigenvalue weighted by Crippen LogP contribution is -2.27. The summed E-state index contributed by atoms with van der Waals surface area (Å²) in [5.41, 5.74) is 5.13. The van der Waals surface area contributed by atoms with Gasteiger partial charge in [-0.15, -0.1) is 0 Å². The minimum absolute atomic E-state index is 0.00978. The van der Waals surface area contributed by atoms with Crippen LogP contribution in [-0.2, 0) is 9.53 Å². The highest BCUT2D eigenvalue weighted by molar-refractivity contribution is 9.10. The number of hydrogen-bond donors (Lipinski definition) is 0. The molecule has 3 nitrogen and oxygen atoms in total. The van der Waals surface area contributed by atoms with Gasteiger partial charge in [0.1, 0.15) is 6.10 Å². The predicted octanol–water partition coefficient (Wildman–Crippen LogP) is 5.98. The fourth-order valence-corrected chi connectivity index (χ4v) is 3.90. The lowest BCUT2D eigenvalue weighted by Gasteiger charge is -2.26. The summed E-state index contributed by atoms with van der Waals surface area (Å²) in [6.07, 6.45) is -0.613. The maximum atomic E-state index is 13.3. The monoisotopic (exact) mass is 428 g/mol. The van der Waals surface area contributed by atoms with E-state index in [0.29, 0.717) is 5.56 Å². The lowest BCUT2D eigenvalue weighted by atomic mass is 9.86. The van der Waals surface area contributed by atoms with Crippen molar-refractivity contribution in [3.8, 4) is 0 Å². The second kappa shape index (κ2) is 6.90. The normalized spacial score (nSPS) is 19.1. The van der Waals surface area contributed by atoms with Crippen LogP contribution in [0.4, 0.5) is 0 Å². The van der Waals surface area contributed by atoms with Crippen LogP contribution in [0.1, 0.15) is 71.0 Å². The predicted molar refractivity (Wildman–Crippen MR) is 110 cm³/mol. The zero-order valence-corrected chi connectivity index (χ0v) is 18.2. The summed E-state index contributed by atoms with van der Waals surface area (Å²) in [5, 5.41) is 0. The van der Waals surface area contributed by atoms with E-state index in [1.54, 1.807) is 0 Å². The van der Waals surface area contributed by atoms with E-state index >= 15 is 0 Å². The van der Waals surface area contributed by atoms with Gasteiger partial charge in [-0.3, -0.25) is 9.59 Å². The van der Waals surface area contributed by atoms with E-state index in [1.165, 1.54) is 11.1 Å². The summed E-state index contributed by atoms with van der Waals surface area (Å²) >= 11 is 3.48. The van der Waals surface area contributed by atoms with Gasteiger partial charge >= 0.3 is 5.97 Å². The number of ether oxygens (including phenoxy) is 1. The highest BCUT2D eigenvalue weighted by Gasteiger charge is 2.45. The molecule has 0 aliphatic heterocycles. The Morgan fingerprint density at radius 2 is 1.67 bits per heavy atom. The number of fused-ring (bicyclic) bond motifs is 1. The van der Waals surface area contributed by atoms with Crippen molar-refractivity contribution in [3.63, 3.8) is 0 Å². The molecule has 0 amide bonds. The quantitative estimate of drug-likeness (QED) is 0.552. The van der Waals surface area contributed by atoms with E-state index in [-0.39, 0.29) is 11.8 Å². The Balaban J connectivity index is 2.16. The first-order chi connectivity index (χ1) is 12.5. The number of benzene rings is 2. The molecule has 0 heterocycles. The fraction of sp³-hybridized carbons (Fsp3) is 0.391. The number of carbonyl (C=O) groups excluding carboxylic acids is 2. The summed E-state index contributed by atoms with van der Waals surface area (Å²) in [5.74, 6) is -0.810. The Kier molecular flexibility index (Phi) is 5.06. The van der Waals surface area contributed by atoms with Crippen molar-refractivity contribution >= 4 is 27.7 Å². The Morgan fingerprint density at radius 3 is 2.30 bits per heavy atom. The minimum atomic E-state index is -0.638. The van der Waals surface area contributed by atoms with Gasteiger partial charge in [-0.25, -0.2) is 0 Å². The van der Waals surface area contributed by atoms with Crippen molar-refractivity contribution in [2.45, 2.75) is 53.6 Å². The zero-order valence-electron chi connectivity index (χ0n) is 16.6. The maximum absolute atomic E-state index is 13.3. The van der Waals surface area contributed by atoms with E-state index in [9.17, 15) is 9.59 Å². The fourth-order valence-electron chi connectivity index (χ4n) is 3.52. The van der Waals surface area contributed by atoms with E-state index in [2.05, 4.69) is 29.8 Å². The minimum Gasteiger partial charge on any atom is -0.456 e. The van der Waals surface area contributed by atoms with Crippen LogP contribution in [0.5, 0.6) is 0 Å². The van der Waals surface area contributed by atoms with Crippen molar-refractivity contribution in [3.05, 3.63) is 68.2 Å². The third-order valence-corrected chi connectivity index (χ3v) is 5.95. The van der Waals surface area contributed by atoms with Crippen LogP contribution in [0.15, 0.2) is 34.8 Å². The summed E-state index contributed by atoms with van der Waals surface area (Å²) < 4.78 is 6.80. The van der Waals surface area contributed by atoms with E-state index in [4.69, 9.17) is 4.74 Å². The molecule has 2 aromatic rings. The van der Waals surface area contributed by atoms with Crippen molar-refractivity contribution in [1.29, 1.82) is 0 Å². The Hall–Kier alpha value is -1.94. The van der Waals surface area contributed by atoms with Gasteiger partial charge in [0.25, 0.3) is 0 Å². The molecule has 27 heavy (non-hydrogen) atoms. The lowest BCUT2D eigenvalue weighted by molar-refractivity contribution is -0.159. The van der Waals surface area contributed by atoms with Crippen molar-refractivity contribution in [2.24, 2.45) is 5.41 Å². The van der Waals surface area contributed by atoms with Crippen LogP contribution in [0, 0.1) is 26.2 Å². The smallest absolute Gasteiger partial charge is 0.311 e. The largest absolute Gasteiger partial charge is 0.456 e. The van der Waals surface area contributed by atoms with Crippen LogP contribution in [0.25, 0.3) is 0 Å². The molecule has 0 radical (unpaired) electrons. The molecule has 0 N–H and O–H groups in total. The van der Waals surface area contributed by atoms with Crippen LogP contribution in [0.3, 0.4) is 0 Å².